The number of halogens is 12. The maximum Gasteiger partial charge on any atom is 0.416 e. The zero-order valence-electron chi connectivity index (χ0n) is 29.7. The van der Waals surface area contributed by atoms with Crippen molar-refractivity contribution >= 4 is 37.3 Å². The predicted octanol–water partition coefficient (Wildman–Crippen LogP) is 13.6. The van der Waals surface area contributed by atoms with E-state index in [-0.39, 0.29) is 12.1 Å². The largest absolute Gasteiger partial charge is 0.416 e. The van der Waals surface area contributed by atoms with Gasteiger partial charge < -0.3 is 0 Å². The molecular weight excluding hydrogens is 782 g/mol. The standard InChI is InChI=1S/C41H39F12P2/c1-25(34-16-10-17-35(34)36-15-8-9-18-37(36)55(30-11-4-2-5-12-30)31-13-6-3-7-14-31)54(32-21-26(38(42,43)44)19-27(22-32)39(45,46)47)33-23-28(40(48,49)50)20-29(24-33)41(51,52)53/h8-10,15-25,30-31H,2-7,11-14H2,1H3/t25-/m1/s1. The monoisotopic (exact) mass is 821 g/mol. The van der Waals surface area contributed by atoms with Gasteiger partial charge in [-0.2, -0.15) is 52.7 Å². The number of hydrogen-bond donors (Lipinski definition) is 0. The Hall–Kier alpha value is -2.84. The smallest absolute Gasteiger partial charge is 0.166 e. The van der Waals surface area contributed by atoms with E-state index in [1.54, 1.807) is 18.2 Å². The number of rotatable bonds is 8. The molecule has 3 aromatic carbocycles. The van der Waals surface area contributed by atoms with Gasteiger partial charge in [-0.05, 0) is 114 Å². The van der Waals surface area contributed by atoms with Gasteiger partial charge >= 0.3 is 24.7 Å². The van der Waals surface area contributed by atoms with Crippen LogP contribution in [0.4, 0.5) is 52.7 Å². The summed E-state index contributed by atoms with van der Waals surface area (Å²) >= 11 is 0. The lowest BCUT2D eigenvalue weighted by Gasteiger charge is -2.40. The third kappa shape index (κ3) is 9.49. The van der Waals surface area contributed by atoms with Crippen LogP contribution in [0.1, 0.15) is 98.9 Å². The van der Waals surface area contributed by atoms with Crippen molar-refractivity contribution in [3.05, 3.63) is 113 Å². The van der Waals surface area contributed by atoms with Crippen LogP contribution in [0.25, 0.3) is 5.57 Å². The molecule has 1 radical (unpaired) electrons. The maximum atomic E-state index is 14.2. The fourth-order valence-corrected chi connectivity index (χ4v) is 15.0. The van der Waals surface area contributed by atoms with Gasteiger partial charge in [0.15, 0.2) is 0 Å². The van der Waals surface area contributed by atoms with Crippen LogP contribution in [0.3, 0.4) is 0 Å². The Morgan fingerprint density at radius 3 is 1.35 bits per heavy atom. The first-order chi connectivity index (χ1) is 25.7. The van der Waals surface area contributed by atoms with Crippen LogP contribution >= 0.6 is 15.8 Å². The number of hydrogen-bond acceptors (Lipinski definition) is 0. The first kappa shape index (κ1) is 41.8. The molecule has 0 aliphatic heterocycles. The topological polar surface area (TPSA) is 0 Å². The van der Waals surface area contributed by atoms with Crippen LogP contribution in [-0.2, 0) is 24.7 Å². The molecule has 0 spiro atoms. The molecule has 0 nitrogen and oxygen atoms in total. The van der Waals surface area contributed by atoms with Gasteiger partial charge in [0.25, 0.3) is 0 Å². The van der Waals surface area contributed by atoms with Gasteiger partial charge in [0.2, 0.25) is 0 Å². The van der Waals surface area contributed by atoms with Crippen molar-refractivity contribution in [2.75, 3.05) is 0 Å². The van der Waals surface area contributed by atoms with E-state index in [1.807, 2.05) is 18.2 Å². The molecule has 3 aromatic rings. The van der Waals surface area contributed by atoms with E-state index >= 15 is 0 Å². The number of alkyl halides is 12. The maximum absolute atomic E-state index is 14.2. The van der Waals surface area contributed by atoms with Crippen LogP contribution in [0.2, 0.25) is 0 Å². The minimum Gasteiger partial charge on any atom is -0.166 e. The van der Waals surface area contributed by atoms with E-state index in [9.17, 15) is 52.7 Å². The summed E-state index contributed by atoms with van der Waals surface area (Å²) in [6, 6.07) is 9.28. The highest BCUT2D eigenvalue weighted by molar-refractivity contribution is 7.73. The summed E-state index contributed by atoms with van der Waals surface area (Å²) in [7, 11) is -3.48. The lowest BCUT2D eigenvalue weighted by molar-refractivity contribution is -0.144. The summed E-state index contributed by atoms with van der Waals surface area (Å²) in [5.41, 5.74) is -5.62. The molecule has 3 aliphatic carbocycles. The highest BCUT2D eigenvalue weighted by Crippen LogP contribution is 2.58. The second-order valence-electron chi connectivity index (χ2n) is 14.5. The third-order valence-corrected chi connectivity index (χ3v) is 17.0. The zero-order chi connectivity index (χ0) is 39.9. The van der Waals surface area contributed by atoms with E-state index < -0.39 is 79.1 Å². The molecule has 2 fully saturated rings. The molecule has 3 aliphatic rings. The Kier molecular flexibility index (Phi) is 12.3. The summed E-state index contributed by atoms with van der Waals surface area (Å²) in [4.78, 5) is 0. The number of benzene rings is 3. The number of allylic oxidation sites excluding steroid dienone is 4. The quantitative estimate of drug-likeness (QED) is 0.157. The molecule has 1 atom stereocenters. The minimum absolute atomic E-state index is 0.0992. The van der Waals surface area contributed by atoms with E-state index in [2.05, 4.69) is 6.07 Å². The first-order valence-corrected chi connectivity index (χ1v) is 21.1. The molecule has 6 rings (SSSR count). The lowest BCUT2D eigenvalue weighted by Crippen LogP contribution is -2.30. The Bertz CT molecular complexity index is 1720. The van der Waals surface area contributed by atoms with Crippen molar-refractivity contribution in [3.63, 3.8) is 0 Å². The first-order valence-electron chi connectivity index (χ1n) is 18.2. The van der Waals surface area contributed by atoms with Gasteiger partial charge in [0.05, 0.1) is 22.3 Å². The van der Waals surface area contributed by atoms with Gasteiger partial charge in [-0.15, -0.1) is 0 Å². The van der Waals surface area contributed by atoms with Gasteiger partial charge in [-0.1, -0.05) is 95.9 Å². The van der Waals surface area contributed by atoms with Gasteiger partial charge in [-0.3, -0.25) is 0 Å². The summed E-state index contributed by atoms with van der Waals surface area (Å²) in [5, 5.41) is -0.175. The SMILES string of the molecule is C[C@H]([C]1C=CC=C1c1ccccc1P(C1CCCCC1)C1CCCCC1)P(c1cc(C(F)(F)F)cc(C(F)(F)F)c1)c1cc(C(F)(F)F)cc(C(F)(F)F)c1. The molecule has 0 heterocycles. The van der Waals surface area contributed by atoms with Crippen molar-refractivity contribution in [2.45, 2.75) is 113 Å². The van der Waals surface area contributed by atoms with Gasteiger partial charge in [0, 0.05) is 5.92 Å². The normalized spacial score (nSPS) is 19.1. The summed E-state index contributed by atoms with van der Waals surface area (Å²) < 4.78 is 170. The highest BCUT2D eigenvalue weighted by atomic mass is 31.1. The Morgan fingerprint density at radius 2 is 0.945 bits per heavy atom. The van der Waals surface area contributed by atoms with E-state index in [1.165, 1.54) is 6.92 Å². The van der Waals surface area contributed by atoms with Crippen molar-refractivity contribution < 1.29 is 52.7 Å². The second kappa shape index (κ2) is 16.2. The van der Waals surface area contributed by atoms with Gasteiger partial charge in [-0.25, -0.2) is 0 Å². The fraction of sp³-hybridized carbons (Fsp3) is 0.439. The van der Waals surface area contributed by atoms with Crippen molar-refractivity contribution in [3.8, 4) is 0 Å². The molecule has 0 amide bonds. The summed E-state index contributed by atoms with van der Waals surface area (Å²) in [5.74, 6) is 0.415. The van der Waals surface area contributed by atoms with Gasteiger partial charge in [0.1, 0.15) is 0 Å². The molecule has 297 valence electrons. The highest BCUT2D eigenvalue weighted by Gasteiger charge is 2.43. The van der Waals surface area contributed by atoms with Crippen molar-refractivity contribution in [2.24, 2.45) is 0 Å². The summed E-state index contributed by atoms with van der Waals surface area (Å²) in [6.07, 6.45) is -5.15. The molecule has 0 N–H and O–H groups in total. The van der Waals surface area contributed by atoms with Crippen molar-refractivity contribution in [1.82, 2.24) is 0 Å². The lowest BCUT2D eigenvalue weighted by atomic mass is 9.93. The Labute approximate surface area is 315 Å². The van der Waals surface area contributed by atoms with Crippen LogP contribution in [-0.4, -0.2) is 17.0 Å². The molecule has 0 saturated heterocycles. The summed E-state index contributed by atoms with van der Waals surface area (Å²) in [6.45, 7) is 1.46. The average Bonchev–Trinajstić information content (AvgIpc) is 3.61. The zero-order valence-corrected chi connectivity index (χ0v) is 31.5. The van der Waals surface area contributed by atoms with Crippen molar-refractivity contribution in [1.29, 1.82) is 0 Å². The molecule has 0 bridgehead atoms. The predicted molar refractivity (Wildman–Crippen MR) is 196 cm³/mol. The minimum atomic E-state index is -5.30. The van der Waals surface area contributed by atoms with E-state index in [0.717, 1.165) is 75.1 Å². The van der Waals surface area contributed by atoms with Crippen LogP contribution in [0.15, 0.2) is 78.9 Å². The second-order valence-corrected chi connectivity index (χ2v) is 19.8. The molecule has 55 heavy (non-hydrogen) atoms. The molecular formula is C41H39F12P2. The molecule has 2 saturated carbocycles. The Balaban J connectivity index is 1.53. The van der Waals surface area contributed by atoms with Crippen LogP contribution in [0, 0.1) is 5.92 Å². The third-order valence-electron chi connectivity index (χ3n) is 10.8. The molecule has 0 aromatic heterocycles. The van der Waals surface area contributed by atoms with Crippen LogP contribution in [0.5, 0.6) is 0 Å². The fourth-order valence-electron chi connectivity index (χ4n) is 8.27. The van der Waals surface area contributed by atoms with E-state index in [0.29, 0.717) is 47.1 Å². The Morgan fingerprint density at radius 1 is 0.545 bits per heavy atom. The van der Waals surface area contributed by atoms with Crippen LogP contribution < -0.4 is 15.9 Å². The molecule has 14 heteroatoms. The van der Waals surface area contributed by atoms with E-state index in [4.69, 9.17) is 0 Å². The average molecular weight is 822 g/mol. The molecule has 0 unspecified atom stereocenters.